The van der Waals surface area contributed by atoms with Crippen molar-refractivity contribution in [3.05, 3.63) is 41.8 Å². The SMILES string of the molecule is Cc1coc2c(-c3cc(C(=O)O)nn3C)cccc12. The number of hydrogen-bond acceptors (Lipinski definition) is 3. The fourth-order valence-corrected chi connectivity index (χ4v) is 2.21. The summed E-state index contributed by atoms with van der Waals surface area (Å²) in [7, 11) is 1.72. The molecular weight excluding hydrogens is 244 g/mol. The Morgan fingerprint density at radius 1 is 1.42 bits per heavy atom. The van der Waals surface area contributed by atoms with Crippen LogP contribution in [0.4, 0.5) is 0 Å². The van der Waals surface area contributed by atoms with E-state index in [0.717, 1.165) is 27.8 Å². The van der Waals surface area contributed by atoms with Gasteiger partial charge in [0.1, 0.15) is 5.58 Å². The first kappa shape index (κ1) is 11.5. The number of rotatable bonds is 2. The Balaban J connectivity index is 2.27. The molecule has 0 bridgehead atoms. The number of carbonyl (C=O) groups is 1. The molecule has 19 heavy (non-hydrogen) atoms. The smallest absolute Gasteiger partial charge is 0.356 e. The molecule has 0 radical (unpaired) electrons. The van der Waals surface area contributed by atoms with Gasteiger partial charge in [0.2, 0.25) is 0 Å². The number of hydrogen-bond donors (Lipinski definition) is 1. The van der Waals surface area contributed by atoms with Crippen LogP contribution in [0, 0.1) is 6.92 Å². The van der Waals surface area contributed by atoms with Crippen LogP contribution >= 0.6 is 0 Å². The maximum Gasteiger partial charge on any atom is 0.356 e. The van der Waals surface area contributed by atoms with Crippen molar-refractivity contribution in [2.45, 2.75) is 6.92 Å². The first-order valence-corrected chi connectivity index (χ1v) is 5.82. The second-order valence-electron chi connectivity index (χ2n) is 4.44. The standard InChI is InChI=1S/C14H12N2O3/c1-8-7-19-13-9(8)4-3-5-10(13)12-6-11(14(17)18)15-16(12)2/h3-7H,1-2H3,(H,17,18). The highest BCUT2D eigenvalue weighted by atomic mass is 16.4. The molecule has 5 heteroatoms. The van der Waals surface area contributed by atoms with Crippen molar-refractivity contribution >= 4 is 16.9 Å². The molecule has 3 rings (SSSR count). The van der Waals surface area contributed by atoms with Crippen LogP contribution in [0.15, 0.2) is 34.9 Å². The van der Waals surface area contributed by atoms with Gasteiger partial charge in [-0.1, -0.05) is 12.1 Å². The van der Waals surface area contributed by atoms with Gasteiger partial charge >= 0.3 is 5.97 Å². The van der Waals surface area contributed by atoms with E-state index in [-0.39, 0.29) is 5.69 Å². The first-order valence-electron chi connectivity index (χ1n) is 5.82. The molecule has 0 unspecified atom stereocenters. The second kappa shape index (κ2) is 3.98. The lowest BCUT2D eigenvalue weighted by Crippen LogP contribution is -1.99. The van der Waals surface area contributed by atoms with E-state index < -0.39 is 5.97 Å². The van der Waals surface area contributed by atoms with Crippen molar-refractivity contribution in [3.8, 4) is 11.3 Å². The summed E-state index contributed by atoms with van der Waals surface area (Å²) in [5.74, 6) is -1.04. The fourth-order valence-electron chi connectivity index (χ4n) is 2.21. The summed E-state index contributed by atoms with van der Waals surface area (Å²) in [6.45, 7) is 1.97. The van der Waals surface area contributed by atoms with Gasteiger partial charge in [-0.05, 0) is 24.6 Å². The third-order valence-electron chi connectivity index (χ3n) is 3.17. The number of para-hydroxylation sites is 1. The predicted octanol–water partition coefficient (Wildman–Crippen LogP) is 2.84. The Kier molecular flexibility index (Phi) is 2.41. The lowest BCUT2D eigenvalue weighted by atomic mass is 10.1. The number of carboxylic acids is 1. The van der Waals surface area contributed by atoms with E-state index in [4.69, 9.17) is 9.52 Å². The van der Waals surface area contributed by atoms with Gasteiger partial charge in [0.15, 0.2) is 5.69 Å². The van der Waals surface area contributed by atoms with Gasteiger partial charge in [-0.15, -0.1) is 0 Å². The molecule has 0 fully saturated rings. The van der Waals surface area contributed by atoms with Crippen molar-refractivity contribution in [2.75, 3.05) is 0 Å². The van der Waals surface area contributed by atoms with Gasteiger partial charge in [-0.3, -0.25) is 4.68 Å². The molecule has 1 N–H and O–H groups in total. The molecule has 0 amide bonds. The van der Waals surface area contributed by atoms with Crippen molar-refractivity contribution in [1.82, 2.24) is 9.78 Å². The number of benzene rings is 1. The van der Waals surface area contributed by atoms with Crippen LogP contribution in [0.5, 0.6) is 0 Å². The highest BCUT2D eigenvalue weighted by Crippen LogP contribution is 2.31. The summed E-state index contributed by atoms with van der Waals surface area (Å²) in [6, 6.07) is 7.35. The number of furan rings is 1. The molecule has 2 heterocycles. The van der Waals surface area contributed by atoms with E-state index in [9.17, 15) is 4.79 Å². The number of fused-ring (bicyclic) bond motifs is 1. The van der Waals surface area contributed by atoms with Crippen molar-refractivity contribution < 1.29 is 14.3 Å². The molecule has 2 aromatic heterocycles. The van der Waals surface area contributed by atoms with Crippen LogP contribution in [-0.2, 0) is 7.05 Å². The lowest BCUT2D eigenvalue weighted by Gasteiger charge is -2.02. The van der Waals surface area contributed by atoms with Crippen LogP contribution in [0.2, 0.25) is 0 Å². The average Bonchev–Trinajstić information content (AvgIpc) is 2.94. The molecule has 0 atom stereocenters. The predicted molar refractivity (Wildman–Crippen MR) is 70.1 cm³/mol. The zero-order valence-electron chi connectivity index (χ0n) is 10.5. The number of aromatic nitrogens is 2. The maximum atomic E-state index is 11.0. The Bertz CT molecular complexity index is 783. The molecule has 1 aromatic carbocycles. The van der Waals surface area contributed by atoms with Gasteiger partial charge < -0.3 is 9.52 Å². The highest BCUT2D eigenvalue weighted by molar-refractivity contribution is 5.95. The fraction of sp³-hybridized carbons (Fsp3) is 0.143. The Morgan fingerprint density at radius 3 is 2.89 bits per heavy atom. The minimum atomic E-state index is -1.04. The van der Waals surface area contributed by atoms with Crippen LogP contribution in [0.3, 0.4) is 0 Å². The normalized spacial score (nSPS) is 11.1. The molecule has 0 saturated carbocycles. The van der Waals surface area contributed by atoms with E-state index in [1.165, 1.54) is 0 Å². The van der Waals surface area contributed by atoms with Gasteiger partial charge in [-0.25, -0.2) is 4.79 Å². The maximum absolute atomic E-state index is 11.0. The third kappa shape index (κ3) is 1.71. The van der Waals surface area contributed by atoms with E-state index in [0.29, 0.717) is 0 Å². The van der Waals surface area contributed by atoms with Crippen molar-refractivity contribution in [2.24, 2.45) is 7.05 Å². The molecule has 3 aromatic rings. The average molecular weight is 256 g/mol. The van der Waals surface area contributed by atoms with E-state index in [1.54, 1.807) is 24.1 Å². The Labute approximate surface area is 109 Å². The number of aromatic carboxylic acids is 1. The van der Waals surface area contributed by atoms with Gasteiger partial charge in [0.25, 0.3) is 0 Å². The minimum absolute atomic E-state index is 0.0257. The molecule has 0 saturated heterocycles. The summed E-state index contributed by atoms with van der Waals surface area (Å²) in [6.07, 6.45) is 1.70. The van der Waals surface area contributed by atoms with Gasteiger partial charge in [0, 0.05) is 18.0 Å². The lowest BCUT2D eigenvalue weighted by molar-refractivity contribution is 0.0689. The topological polar surface area (TPSA) is 68.3 Å². The van der Waals surface area contributed by atoms with E-state index in [2.05, 4.69) is 5.10 Å². The zero-order valence-corrected chi connectivity index (χ0v) is 10.5. The van der Waals surface area contributed by atoms with Crippen molar-refractivity contribution in [3.63, 3.8) is 0 Å². The first-order chi connectivity index (χ1) is 9.08. The highest BCUT2D eigenvalue weighted by Gasteiger charge is 2.16. The van der Waals surface area contributed by atoms with Gasteiger partial charge in [-0.2, -0.15) is 5.10 Å². The largest absolute Gasteiger partial charge is 0.476 e. The minimum Gasteiger partial charge on any atom is -0.476 e. The molecule has 0 aliphatic carbocycles. The molecular formula is C14H12N2O3. The van der Waals surface area contributed by atoms with Crippen molar-refractivity contribution in [1.29, 1.82) is 0 Å². The molecule has 0 spiro atoms. The number of nitrogens with zero attached hydrogens (tertiary/aromatic N) is 2. The Hall–Kier alpha value is -2.56. The van der Waals surface area contributed by atoms with Crippen LogP contribution in [0.1, 0.15) is 16.1 Å². The monoisotopic (exact) mass is 256 g/mol. The second-order valence-corrected chi connectivity index (χ2v) is 4.44. The summed E-state index contributed by atoms with van der Waals surface area (Å²) in [5.41, 5.74) is 3.39. The third-order valence-corrected chi connectivity index (χ3v) is 3.17. The number of aryl methyl sites for hydroxylation is 2. The molecule has 5 nitrogen and oxygen atoms in total. The van der Waals surface area contributed by atoms with Crippen LogP contribution in [-0.4, -0.2) is 20.9 Å². The van der Waals surface area contributed by atoms with Crippen LogP contribution < -0.4 is 0 Å². The van der Waals surface area contributed by atoms with Crippen LogP contribution in [0.25, 0.3) is 22.2 Å². The molecule has 0 aliphatic heterocycles. The summed E-state index contributed by atoms with van der Waals surface area (Å²) in [5, 5.41) is 14.0. The Morgan fingerprint density at radius 2 is 2.21 bits per heavy atom. The number of carboxylic acid groups (broad SMARTS) is 1. The quantitative estimate of drug-likeness (QED) is 0.765. The summed E-state index contributed by atoms with van der Waals surface area (Å²) < 4.78 is 7.12. The van der Waals surface area contributed by atoms with Gasteiger partial charge in [0.05, 0.1) is 12.0 Å². The zero-order chi connectivity index (χ0) is 13.6. The van der Waals surface area contributed by atoms with E-state index in [1.807, 2.05) is 25.1 Å². The molecule has 96 valence electrons. The molecule has 0 aliphatic rings. The van der Waals surface area contributed by atoms with E-state index >= 15 is 0 Å². The summed E-state index contributed by atoms with van der Waals surface area (Å²) in [4.78, 5) is 11.0. The summed E-state index contributed by atoms with van der Waals surface area (Å²) >= 11 is 0.